The Balaban J connectivity index is 3.03. The normalized spacial score (nSPS) is 13.8. The molecule has 0 saturated heterocycles. The molecule has 2 unspecified atom stereocenters. The van der Waals surface area contributed by atoms with Crippen LogP contribution in [0.3, 0.4) is 0 Å². The van der Waals surface area contributed by atoms with Crippen molar-refractivity contribution in [1.29, 1.82) is 0 Å². The molecule has 0 saturated carbocycles. The maximum absolute atomic E-state index is 11.6. The molecule has 0 bridgehead atoms. The van der Waals surface area contributed by atoms with Gasteiger partial charge in [-0.15, -0.1) is 0 Å². The molecule has 0 heterocycles. The van der Waals surface area contributed by atoms with Crippen LogP contribution in [-0.2, 0) is 9.53 Å². The molecule has 1 rings (SSSR count). The summed E-state index contributed by atoms with van der Waals surface area (Å²) in [7, 11) is 1.39. The third kappa shape index (κ3) is 5.04. The highest BCUT2D eigenvalue weighted by Gasteiger charge is 2.21. The van der Waals surface area contributed by atoms with Gasteiger partial charge in [-0.25, -0.2) is 4.79 Å². The number of carbonyl (C=O) groups excluding carboxylic acids is 1. The van der Waals surface area contributed by atoms with E-state index in [0.29, 0.717) is 11.8 Å². The molecule has 0 aliphatic carbocycles. The fourth-order valence-electron chi connectivity index (χ4n) is 2.77. The Morgan fingerprint density at radius 1 is 1.18 bits per heavy atom. The van der Waals surface area contributed by atoms with Crippen LogP contribution in [0.25, 0.3) is 0 Å². The van der Waals surface area contributed by atoms with E-state index in [9.17, 15) is 4.79 Å². The fraction of sp³-hybridized carbons (Fsp3) is 0.632. The summed E-state index contributed by atoms with van der Waals surface area (Å²) in [5, 5.41) is 0. The van der Waals surface area contributed by atoms with Crippen LogP contribution in [0.4, 0.5) is 0 Å². The van der Waals surface area contributed by atoms with Crippen molar-refractivity contribution in [3.63, 3.8) is 0 Å². The molecule has 0 N–H and O–H groups in total. The molecule has 124 valence electrons. The second kappa shape index (κ2) is 8.82. The molecule has 1 aromatic carbocycles. The van der Waals surface area contributed by atoms with Crippen molar-refractivity contribution in [2.75, 3.05) is 7.11 Å². The standard InChI is InChI=1S/C19H30O3/c1-7-16(12-11-13(2)3)18-14(4)9-8-10-17(18)22-15(5)19(20)21-6/h8-10,13,15-16H,7,11-12H2,1-6H3. The van der Waals surface area contributed by atoms with Crippen LogP contribution in [0.15, 0.2) is 18.2 Å². The van der Waals surface area contributed by atoms with Gasteiger partial charge in [0.2, 0.25) is 0 Å². The first kappa shape index (κ1) is 18.5. The van der Waals surface area contributed by atoms with Gasteiger partial charge in [0.05, 0.1) is 7.11 Å². The molecule has 0 aromatic heterocycles. The third-order valence-corrected chi connectivity index (χ3v) is 4.11. The highest BCUT2D eigenvalue weighted by atomic mass is 16.6. The van der Waals surface area contributed by atoms with Crippen LogP contribution in [0.2, 0.25) is 0 Å². The molecule has 22 heavy (non-hydrogen) atoms. The fourth-order valence-corrected chi connectivity index (χ4v) is 2.77. The van der Waals surface area contributed by atoms with Crippen molar-refractivity contribution in [2.45, 2.75) is 65.9 Å². The number of hydrogen-bond acceptors (Lipinski definition) is 3. The van der Waals surface area contributed by atoms with Gasteiger partial charge in [0.15, 0.2) is 6.10 Å². The lowest BCUT2D eigenvalue weighted by Crippen LogP contribution is -2.25. The maximum Gasteiger partial charge on any atom is 0.346 e. The van der Waals surface area contributed by atoms with Gasteiger partial charge >= 0.3 is 5.97 Å². The van der Waals surface area contributed by atoms with E-state index in [4.69, 9.17) is 9.47 Å². The Bertz CT molecular complexity index is 480. The number of aryl methyl sites for hydroxylation is 1. The van der Waals surface area contributed by atoms with Gasteiger partial charge in [0, 0.05) is 5.56 Å². The summed E-state index contributed by atoms with van der Waals surface area (Å²) in [6, 6.07) is 6.05. The van der Waals surface area contributed by atoms with Crippen LogP contribution < -0.4 is 4.74 Å². The Morgan fingerprint density at radius 2 is 1.86 bits per heavy atom. The van der Waals surface area contributed by atoms with Crippen molar-refractivity contribution in [3.05, 3.63) is 29.3 Å². The molecular weight excluding hydrogens is 276 g/mol. The van der Waals surface area contributed by atoms with E-state index >= 15 is 0 Å². The first-order valence-electron chi connectivity index (χ1n) is 8.24. The monoisotopic (exact) mass is 306 g/mol. The molecule has 1 aromatic rings. The molecular formula is C19H30O3. The zero-order valence-electron chi connectivity index (χ0n) is 14.8. The second-order valence-corrected chi connectivity index (χ2v) is 6.35. The van der Waals surface area contributed by atoms with Crippen molar-refractivity contribution in [3.8, 4) is 5.75 Å². The molecule has 0 spiro atoms. The minimum absolute atomic E-state index is 0.345. The van der Waals surface area contributed by atoms with Crippen LogP contribution in [0, 0.1) is 12.8 Å². The predicted octanol–water partition coefficient (Wildman–Crippen LogP) is 4.87. The van der Waals surface area contributed by atoms with E-state index in [0.717, 1.165) is 18.6 Å². The summed E-state index contributed by atoms with van der Waals surface area (Å²) in [5.41, 5.74) is 2.46. The molecule has 2 atom stereocenters. The largest absolute Gasteiger partial charge is 0.479 e. The molecule has 0 aliphatic heterocycles. The number of ether oxygens (including phenoxy) is 2. The van der Waals surface area contributed by atoms with E-state index < -0.39 is 6.10 Å². The van der Waals surface area contributed by atoms with Crippen molar-refractivity contribution < 1.29 is 14.3 Å². The average molecular weight is 306 g/mol. The summed E-state index contributed by atoms with van der Waals surface area (Å²) in [6.45, 7) is 10.6. The van der Waals surface area contributed by atoms with E-state index in [2.05, 4.69) is 33.8 Å². The lowest BCUT2D eigenvalue weighted by molar-refractivity contribution is -0.147. The third-order valence-electron chi connectivity index (χ3n) is 4.11. The maximum atomic E-state index is 11.6. The van der Waals surface area contributed by atoms with Gasteiger partial charge in [0.25, 0.3) is 0 Å². The molecule has 0 amide bonds. The van der Waals surface area contributed by atoms with Crippen LogP contribution in [0.1, 0.15) is 64.0 Å². The zero-order valence-corrected chi connectivity index (χ0v) is 14.8. The van der Waals surface area contributed by atoms with Gasteiger partial charge in [-0.05, 0) is 50.2 Å². The predicted molar refractivity (Wildman–Crippen MR) is 90.4 cm³/mol. The Kier molecular flexibility index (Phi) is 7.43. The lowest BCUT2D eigenvalue weighted by atomic mass is 9.86. The smallest absolute Gasteiger partial charge is 0.346 e. The summed E-state index contributed by atoms with van der Waals surface area (Å²) >= 11 is 0. The quantitative estimate of drug-likeness (QED) is 0.643. The minimum Gasteiger partial charge on any atom is -0.479 e. The highest BCUT2D eigenvalue weighted by Crippen LogP contribution is 2.36. The van der Waals surface area contributed by atoms with Gasteiger partial charge in [0.1, 0.15) is 5.75 Å². The first-order chi connectivity index (χ1) is 10.4. The summed E-state index contributed by atoms with van der Waals surface area (Å²) in [5.74, 6) is 1.62. The topological polar surface area (TPSA) is 35.5 Å². The highest BCUT2D eigenvalue weighted by molar-refractivity contribution is 5.74. The average Bonchev–Trinajstić information content (AvgIpc) is 2.48. The molecule has 0 aliphatic rings. The molecule has 3 heteroatoms. The number of hydrogen-bond donors (Lipinski definition) is 0. The Labute approximate surface area is 135 Å². The Morgan fingerprint density at radius 3 is 2.41 bits per heavy atom. The van der Waals surface area contributed by atoms with Gasteiger partial charge in [-0.3, -0.25) is 0 Å². The van der Waals surface area contributed by atoms with Gasteiger partial charge < -0.3 is 9.47 Å². The number of methoxy groups -OCH3 is 1. The van der Waals surface area contributed by atoms with E-state index in [1.165, 1.54) is 24.7 Å². The number of rotatable bonds is 8. The summed E-state index contributed by atoms with van der Waals surface area (Å²) in [4.78, 5) is 11.6. The van der Waals surface area contributed by atoms with E-state index in [1.807, 2.05) is 12.1 Å². The number of carbonyl (C=O) groups is 1. The molecule has 0 radical (unpaired) electrons. The Hall–Kier alpha value is -1.51. The van der Waals surface area contributed by atoms with Gasteiger partial charge in [-0.1, -0.05) is 39.3 Å². The molecule has 0 fully saturated rings. The number of esters is 1. The van der Waals surface area contributed by atoms with Crippen LogP contribution in [-0.4, -0.2) is 19.2 Å². The number of benzene rings is 1. The van der Waals surface area contributed by atoms with E-state index in [1.54, 1.807) is 6.92 Å². The van der Waals surface area contributed by atoms with Crippen molar-refractivity contribution in [2.24, 2.45) is 5.92 Å². The van der Waals surface area contributed by atoms with E-state index in [-0.39, 0.29) is 5.97 Å². The van der Waals surface area contributed by atoms with Crippen molar-refractivity contribution >= 4 is 5.97 Å². The van der Waals surface area contributed by atoms with Gasteiger partial charge in [-0.2, -0.15) is 0 Å². The van der Waals surface area contributed by atoms with Crippen molar-refractivity contribution in [1.82, 2.24) is 0 Å². The molecule has 3 nitrogen and oxygen atoms in total. The SMILES string of the molecule is CCC(CCC(C)C)c1c(C)cccc1OC(C)C(=O)OC. The van der Waals surface area contributed by atoms with Crippen LogP contribution in [0.5, 0.6) is 5.75 Å². The lowest BCUT2D eigenvalue weighted by Gasteiger charge is -2.23. The van der Waals surface area contributed by atoms with Crippen LogP contribution >= 0.6 is 0 Å². The second-order valence-electron chi connectivity index (χ2n) is 6.35. The summed E-state index contributed by atoms with van der Waals surface area (Å²) in [6.07, 6.45) is 2.81. The summed E-state index contributed by atoms with van der Waals surface area (Å²) < 4.78 is 10.7. The first-order valence-corrected chi connectivity index (χ1v) is 8.24. The zero-order chi connectivity index (χ0) is 16.7. The minimum atomic E-state index is -0.590.